The van der Waals surface area contributed by atoms with Gasteiger partial charge in [-0.1, -0.05) is 24.3 Å². The van der Waals surface area contributed by atoms with Crippen molar-refractivity contribution in [3.05, 3.63) is 69.1 Å². The second-order valence-electron chi connectivity index (χ2n) is 5.45. The number of hydrogen-bond donors (Lipinski definition) is 1. The zero-order valence-corrected chi connectivity index (χ0v) is 14.9. The monoisotopic (exact) mass is 369 g/mol. The molecule has 1 aromatic heterocycles. The summed E-state index contributed by atoms with van der Waals surface area (Å²) >= 11 is 1.29. The van der Waals surface area contributed by atoms with Gasteiger partial charge in [0.05, 0.1) is 17.7 Å². The van der Waals surface area contributed by atoms with Crippen molar-refractivity contribution in [2.24, 2.45) is 0 Å². The molecule has 0 fully saturated rings. The number of ether oxygens (including phenoxy) is 1. The number of amides is 1. The standard InChI is InChI=1S/C18H15N3O4S/c1-11-5-3-4-6-13(11)14-10-26-18(19-14)20-17(22)12-7-8-16(25-2)15(9-12)21(23)24/h3-10H,1-2H3,(H,19,20,22). The van der Waals surface area contributed by atoms with Gasteiger partial charge in [0.1, 0.15) is 0 Å². The first-order valence-corrected chi connectivity index (χ1v) is 8.53. The molecule has 0 atom stereocenters. The van der Waals surface area contributed by atoms with Gasteiger partial charge in [0, 0.05) is 22.6 Å². The number of aromatic nitrogens is 1. The summed E-state index contributed by atoms with van der Waals surface area (Å²) in [6, 6.07) is 11.9. The maximum Gasteiger partial charge on any atom is 0.311 e. The van der Waals surface area contributed by atoms with Crippen LogP contribution >= 0.6 is 11.3 Å². The second-order valence-corrected chi connectivity index (χ2v) is 6.31. The van der Waals surface area contributed by atoms with E-state index in [0.29, 0.717) is 5.13 Å². The molecule has 0 bridgehead atoms. The Morgan fingerprint density at radius 2 is 2.04 bits per heavy atom. The summed E-state index contributed by atoms with van der Waals surface area (Å²) < 4.78 is 4.94. The van der Waals surface area contributed by atoms with Gasteiger partial charge < -0.3 is 4.74 Å². The van der Waals surface area contributed by atoms with E-state index in [1.807, 2.05) is 36.6 Å². The van der Waals surface area contributed by atoms with Gasteiger partial charge in [-0.15, -0.1) is 11.3 Å². The van der Waals surface area contributed by atoms with Crippen LogP contribution in [0.25, 0.3) is 11.3 Å². The fraction of sp³-hybridized carbons (Fsp3) is 0.111. The number of carbonyl (C=O) groups is 1. The lowest BCUT2D eigenvalue weighted by Gasteiger charge is -2.05. The van der Waals surface area contributed by atoms with E-state index >= 15 is 0 Å². The summed E-state index contributed by atoms with van der Waals surface area (Å²) in [5.41, 5.74) is 2.74. The Morgan fingerprint density at radius 1 is 1.27 bits per heavy atom. The van der Waals surface area contributed by atoms with Gasteiger partial charge in [-0.05, 0) is 24.6 Å². The molecule has 1 heterocycles. The Hall–Kier alpha value is -3.26. The maximum absolute atomic E-state index is 12.4. The van der Waals surface area contributed by atoms with Gasteiger partial charge in [-0.25, -0.2) is 4.98 Å². The molecular weight excluding hydrogens is 354 g/mol. The lowest BCUT2D eigenvalue weighted by molar-refractivity contribution is -0.385. The maximum atomic E-state index is 12.4. The Bertz CT molecular complexity index is 984. The summed E-state index contributed by atoms with van der Waals surface area (Å²) in [5, 5.41) is 16.0. The van der Waals surface area contributed by atoms with Gasteiger partial charge in [0.25, 0.3) is 5.91 Å². The molecule has 2 aromatic carbocycles. The van der Waals surface area contributed by atoms with Crippen LogP contribution in [-0.4, -0.2) is 22.9 Å². The minimum absolute atomic E-state index is 0.0997. The number of nitrogens with zero attached hydrogens (tertiary/aromatic N) is 2. The van der Waals surface area contributed by atoms with E-state index in [4.69, 9.17) is 4.74 Å². The lowest BCUT2D eigenvalue weighted by Crippen LogP contribution is -2.12. The summed E-state index contributed by atoms with van der Waals surface area (Å²) in [6.45, 7) is 1.99. The first-order valence-electron chi connectivity index (χ1n) is 7.65. The molecule has 3 rings (SSSR count). The summed E-state index contributed by atoms with van der Waals surface area (Å²) in [5.74, 6) is -0.371. The average Bonchev–Trinajstić information content (AvgIpc) is 3.09. The molecule has 1 amide bonds. The molecule has 26 heavy (non-hydrogen) atoms. The van der Waals surface area contributed by atoms with Gasteiger partial charge in [0.15, 0.2) is 10.9 Å². The number of methoxy groups -OCH3 is 1. The van der Waals surface area contributed by atoms with E-state index in [1.165, 1.54) is 36.6 Å². The second kappa shape index (κ2) is 7.32. The third-order valence-corrected chi connectivity index (χ3v) is 4.54. The summed E-state index contributed by atoms with van der Waals surface area (Å²) in [6.07, 6.45) is 0. The molecule has 7 nitrogen and oxygen atoms in total. The predicted octanol–water partition coefficient (Wildman–Crippen LogP) is 4.29. The molecule has 0 aliphatic rings. The molecule has 0 spiro atoms. The van der Waals surface area contributed by atoms with Gasteiger partial charge in [-0.2, -0.15) is 0 Å². The molecule has 0 aliphatic heterocycles. The normalized spacial score (nSPS) is 10.4. The van der Waals surface area contributed by atoms with Gasteiger partial charge >= 0.3 is 5.69 Å². The minimum atomic E-state index is -0.588. The van der Waals surface area contributed by atoms with Crippen LogP contribution in [-0.2, 0) is 0 Å². The number of nitro groups is 1. The van der Waals surface area contributed by atoms with Crippen molar-refractivity contribution in [3.8, 4) is 17.0 Å². The summed E-state index contributed by atoms with van der Waals surface area (Å²) in [7, 11) is 1.34. The molecule has 132 valence electrons. The quantitative estimate of drug-likeness (QED) is 0.535. The highest BCUT2D eigenvalue weighted by Crippen LogP contribution is 2.29. The average molecular weight is 369 g/mol. The lowest BCUT2D eigenvalue weighted by atomic mass is 10.1. The first-order chi connectivity index (χ1) is 12.5. The Balaban J connectivity index is 1.82. The zero-order valence-electron chi connectivity index (χ0n) is 14.1. The number of carbonyl (C=O) groups excluding carboxylic acids is 1. The van der Waals surface area contributed by atoms with Crippen LogP contribution in [0.3, 0.4) is 0 Å². The molecule has 0 aliphatic carbocycles. The third kappa shape index (κ3) is 3.55. The molecule has 8 heteroatoms. The van der Waals surface area contributed by atoms with Gasteiger partial charge in [0.2, 0.25) is 0 Å². The molecule has 0 radical (unpaired) electrons. The van der Waals surface area contributed by atoms with Crippen molar-refractivity contribution in [1.82, 2.24) is 4.98 Å². The molecule has 0 unspecified atom stereocenters. The van der Waals surface area contributed by atoms with Crippen molar-refractivity contribution in [3.63, 3.8) is 0 Å². The van der Waals surface area contributed by atoms with E-state index in [2.05, 4.69) is 10.3 Å². The van der Waals surface area contributed by atoms with Crippen molar-refractivity contribution < 1.29 is 14.5 Å². The number of aryl methyl sites for hydroxylation is 1. The van der Waals surface area contributed by atoms with Crippen LogP contribution in [0.15, 0.2) is 47.8 Å². The number of thiazole rings is 1. The highest BCUT2D eigenvalue weighted by molar-refractivity contribution is 7.14. The molecule has 0 saturated heterocycles. The van der Waals surface area contributed by atoms with Crippen molar-refractivity contribution in [1.29, 1.82) is 0 Å². The fourth-order valence-corrected chi connectivity index (χ4v) is 3.16. The van der Waals surface area contributed by atoms with E-state index in [9.17, 15) is 14.9 Å². The number of nitrogens with one attached hydrogen (secondary N) is 1. The molecule has 1 N–H and O–H groups in total. The first kappa shape index (κ1) is 17.6. The van der Waals surface area contributed by atoms with Crippen molar-refractivity contribution >= 4 is 28.1 Å². The van der Waals surface area contributed by atoms with E-state index < -0.39 is 10.8 Å². The molecular formula is C18H15N3O4S. The smallest absolute Gasteiger partial charge is 0.311 e. The number of hydrogen-bond acceptors (Lipinski definition) is 6. The Labute approximate surface area is 153 Å². The SMILES string of the molecule is COc1ccc(C(=O)Nc2nc(-c3ccccc3C)cs2)cc1[N+](=O)[O-]. The number of benzene rings is 2. The number of rotatable bonds is 5. The van der Waals surface area contributed by atoms with Crippen LogP contribution in [0.1, 0.15) is 15.9 Å². The van der Waals surface area contributed by atoms with Crippen molar-refractivity contribution in [2.45, 2.75) is 6.92 Å². The van der Waals surface area contributed by atoms with Crippen LogP contribution in [0.5, 0.6) is 5.75 Å². The zero-order chi connectivity index (χ0) is 18.7. The molecule has 0 saturated carbocycles. The van der Waals surface area contributed by atoms with Crippen LogP contribution in [0, 0.1) is 17.0 Å². The minimum Gasteiger partial charge on any atom is -0.490 e. The van der Waals surface area contributed by atoms with Crippen molar-refractivity contribution in [2.75, 3.05) is 12.4 Å². The van der Waals surface area contributed by atoms with E-state index in [1.54, 1.807) is 0 Å². The van der Waals surface area contributed by atoms with E-state index in [0.717, 1.165) is 16.8 Å². The fourth-order valence-electron chi connectivity index (χ4n) is 2.46. The van der Waals surface area contributed by atoms with Crippen LogP contribution < -0.4 is 10.1 Å². The molecule has 3 aromatic rings. The highest BCUT2D eigenvalue weighted by Gasteiger charge is 2.19. The Kier molecular flexibility index (Phi) is 4.94. The topological polar surface area (TPSA) is 94.4 Å². The highest BCUT2D eigenvalue weighted by atomic mass is 32.1. The number of nitro benzene ring substituents is 1. The van der Waals surface area contributed by atoms with Crippen LogP contribution in [0.4, 0.5) is 10.8 Å². The Morgan fingerprint density at radius 3 is 2.73 bits per heavy atom. The van der Waals surface area contributed by atoms with E-state index in [-0.39, 0.29) is 17.0 Å². The largest absolute Gasteiger partial charge is 0.490 e. The van der Waals surface area contributed by atoms with Crippen LogP contribution in [0.2, 0.25) is 0 Å². The number of anilines is 1. The predicted molar refractivity (Wildman–Crippen MR) is 99.9 cm³/mol. The third-order valence-electron chi connectivity index (χ3n) is 3.78. The summed E-state index contributed by atoms with van der Waals surface area (Å²) in [4.78, 5) is 27.3. The van der Waals surface area contributed by atoms with Gasteiger partial charge in [-0.3, -0.25) is 20.2 Å².